The third kappa shape index (κ3) is 3.26. The van der Waals surface area contributed by atoms with Crippen LogP contribution in [0.1, 0.15) is 12.8 Å². The van der Waals surface area contributed by atoms with Crippen molar-refractivity contribution in [3.8, 4) is 0 Å². The molecule has 0 saturated carbocycles. The molecule has 0 aromatic carbocycles. The van der Waals surface area contributed by atoms with Gasteiger partial charge in [-0.25, -0.2) is 4.98 Å². The van der Waals surface area contributed by atoms with Crippen LogP contribution in [0.5, 0.6) is 0 Å². The largest absolute Gasteiger partial charge is 0.381 e. The van der Waals surface area contributed by atoms with E-state index in [4.69, 9.17) is 11.6 Å². The summed E-state index contributed by atoms with van der Waals surface area (Å²) >= 11 is 11.2. The molecule has 1 N–H and O–H groups in total. The lowest BCUT2D eigenvalue weighted by atomic mass is 10.1. The minimum absolute atomic E-state index is 0.514. The van der Waals surface area contributed by atoms with Crippen LogP contribution < -0.4 is 5.32 Å². The SMILES string of the molecule is Clc1ncc(NC2CCSCC2)cc1Br. The van der Waals surface area contributed by atoms with Crippen LogP contribution in [-0.4, -0.2) is 22.5 Å². The van der Waals surface area contributed by atoms with Gasteiger partial charge in [0.15, 0.2) is 0 Å². The van der Waals surface area contributed by atoms with Gasteiger partial charge >= 0.3 is 0 Å². The Kier molecular flexibility index (Phi) is 4.17. The number of halogens is 2. The van der Waals surface area contributed by atoms with E-state index in [1.807, 2.05) is 17.8 Å². The Hall–Kier alpha value is 0.0700. The molecule has 0 amide bonds. The minimum atomic E-state index is 0.514. The van der Waals surface area contributed by atoms with Gasteiger partial charge in [0, 0.05) is 6.04 Å². The fourth-order valence-corrected chi connectivity index (χ4v) is 3.14. The van der Waals surface area contributed by atoms with E-state index in [2.05, 4.69) is 26.2 Å². The van der Waals surface area contributed by atoms with Crippen molar-refractivity contribution in [2.45, 2.75) is 18.9 Å². The van der Waals surface area contributed by atoms with Gasteiger partial charge in [0.1, 0.15) is 5.15 Å². The van der Waals surface area contributed by atoms with E-state index in [1.165, 1.54) is 24.3 Å². The minimum Gasteiger partial charge on any atom is -0.381 e. The summed E-state index contributed by atoms with van der Waals surface area (Å²) in [6, 6.07) is 2.57. The predicted molar refractivity (Wildman–Crippen MR) is 70.9 cm³/mol. The fourth-order valence-electron chi connectivity index (χ4n) is 1.58. The van der Waals surface area contributed by atoms with Crippen molar-refractivity contribution in [2.75, 3.05) is 16.8 Å². The van der Waals surface area contributed by atoms with E-state index in [9.17, 15) is 0 Å². The van der Waals surface area contributed by atoms with Crippen LogP contribution in [0.25, 0.3) is 0 Å². The molecule has 5 heteroatoms. The molecule has 1 aromatic heterocycles. The fraction of sp³-hybridized carbons (Fsp3) is 0.500. The maximum absolute atomic E-state index is 5.83. The molecule has 82 valence electrons. The molecule has 2 heterocycles. The molecular formula is C10H12BrClN2S. The normalized spacial score (nSPS) is 17.7. The first kappa shape index (κ1) is 11.6. The van der Waals surface area contributed by atoms with Crippen LogP contribution >= 0.6 is 39.3 Å². The van der Waals surface area contributed by atoms with Crippen molar-refractivity contribution in [3.05, 3.63) is 21.9 Å². The zero-order chi connectivity index (χ0) is 10.7. The summed E-state index contributed by atoms with van der Waals surface area (Å²) < 4.78 is 0.847. The van der Waals surface area contributed by atoms with Crippen molar-refractivity contribution in [1.82, 2.24) is 4.98 Å². The molecule has 0 unspecified atom stereocenters. The van der Waals surface area contributed by atoms with Crippen LogP contribution in [0.2, 0.25) is 5.15 Å². The second-order valence-corrected chi connectivity index (χ2v) is 5.96. The van der Waals surface area contributed by atoms with Crippen molar-refractivity contribution in [2.24, 2.45) is 0 Å². The summed E-state index contributed by atoms with van der Waals surface area (Å²) in [6.45, 7) is 0. The number of rotatable bonds is 2. The van der Waals surface area contributed by atoms with Crippen molar-refractivity contribution < 1.29 is 0 Å². The third-order valence-corrected chi connectivity index (χ3v) is 4.57. The second kappa shape index (κ2) is 5.41. The van der Waals surface area contributed by atoms with Crippen molar-refractivity contribution >= 4 is 45.0 Å². The van der Waals surface area contributed by atoms with Gasteiger partial charge < -0.3 is 5.32 Å². The van der Waals surface area contributed by atoms with Crippen LogP contribution in [0.3, 0.4) is 0 Å². The number of aromatic nitrogens is 1. The molecule has 1 aliphatic heterocycles. The van der Waals surface area contributed by atoms with Gasteiger partial charge in [-0.3, -0.25) is 0 Å². The predicted octanol–water partition coefficient (Wildman–Crippen LogP) is 3.81. The number of pyridine rings is 1. The second-order valence-electron chi connectivity index (χ2n) is 3.53. The van der Waals surface area contributed by atoms with Crippen LogP contribution in [0.4, 0.5) is 5.69 Å². The Labute approximate surface area is 107 Å². The zero-order valence-corrected chi connectivity index (χ0v) is 11.3. The Morgan fingerprint density at radius 3 is 2.87 bits per heavy atom. The molecule has 15 heavy (non-hydrogen) atoms. The molecule has 2 nitrogen and oxygen atoms in total. The van der Waals surface area contributed by atoms with Crippen LogP contribution in [0.15, 0.2) is 16.7 Å². The molecule has 1 fully saturated rings. The summed E-state index contributed by atoms with van der Waals surface area (Å²) in [6.07, 6.45) is 4.24. The number of thioether (sulfide) groups is 1. The van der Waals surface area contributed by atoms with Crippen molar-refractivity contribution in [1.29, 1.82) is 0 Å². The summed E-state index contributed by atoms with van der Waals surface area (Å²) in [7, 11) is 0. The van der Waals surface area contributed by atoms with E-state index in [0.29, 0.717) is 11.2 Å². The Morgan fingerprint density at radius 2 is 2.20 bits per heavy atom. The molecule has 1 aliphatic rings. The summed E-state index contributed by atoms with van der Waals surface area (Å²) in [4.78, 5) is 4.10. The quantitative estimate of drug-likeness (QED) is 0.841. The molecule has 0 aliphatic carbocycles. The summed E-state index contributed by atoms with van der Waals surface area (Å²) in [5, 5.41) is 4.00. The first-order chi connectivity index (χ1) is 7.25. The van der Waals surface area contributed by atoms with Crippen molar-refractivity contribution in [3.63, 3.8) is 0 Å². The Balaban J connectivity index is 2.00. The highest BCUT2D eigenvalue weighted by Crippen LogP contribution is 2.25. The smallest absolute Gasteiger partial charge is 0.143 e. The lowest BCUT2D eigenvalue weighted by Crippen LogP contribution is -2.24. The highest BCUT2D eigenvalue weighted by atomic mass is 79.9. The Morgan fingerprint density at radius 1 is 1.47 bits per heavy atom. The van der Waals surface area contributed by atoms with E-state index in [-0.39, 0.29) is 0 Å². The highest BCUT2D eigenvalue weighted by molar-refractivity contribution is 9.10. The molecule has 1 saturated heterocycles. The van der Waals surface area contributed by atoms with E-state index in [1.54, 1.807) is 6.20 Å². The standard InChI is InChI=1S/C10H12BrClN2S/c11-9-5-8(6-13-10(9)12)14-7-1-3-15-4-2-7/h5-7,14H,1-4H2. The molecule has 0 radical (unpaired) electrons. The highest BCUT2D eigenvalue weighted by Gasteiger charge is 2.13. The monoisotopic (exact) mass is 306 g/mol. The Bertz CT molecular complexity index is 342. The number of hydrogen-bond donors (Lipinski definition) is 1. The number of anilines is 1. The molecular weight excluding hydrogens is 296 g/mol. The lowest BCUT2D eigenvalue weighted by molar-refractivity contribution is 0.666. The average molecular weight is 308 g/mol. The number of nitrogens with one attached hydrogen (secondary N) is 1. The molecule has 0 bridgehead atoms. The van der Waals surface area contributed by atoms with Gasteiger partial charge in [-0.2, -0.15) is 11.8 Å². The van der Waals surface area contributed by atoms with Gasteiger partial charge in [0.05, 0.1) is 16.4 Å². The molecule has 1 aromatic rings. The first-order valence-corrected chi connectivity index (χ1v) is 7.23. The lowest BCUT2D eigenvalue weighted by Gasteiger charge is -2.23. The van der Waals surface area contributed by atoms with Gasteiger partial charge in [-0.05, 0) is 46.3 Å². The van der Waals surface area contributed by atoms with Gasteiger partial charge in [0.25, 0.3) is 0 Å². The topological polar surface area (TPSA) is 24.9 Å². The third-order valence-electron chi connectivity index (χ3n) is 2.39. The maximum Gasteiger partial charge on any atom is 0.143 e. The molecule has 0 atom stereocenters. The number of nitrogens with zero attached hydrogens (tertiary/aromatic N) is 1. The van der Waals surface area contributed by atoms with E-state index >= 15 is 0 Å². The summed E-state index contributed by atoms with van der Waals surface area (Å²) in [5.41, 5.74) is 1.04. The number of hydrogen-bond acceptors (Lipinski definition) is 3. The van der Waals surface area contributed by atoms with Gasteiger partial charge in [-0.15, -0.1) is 0 Å². The molecule has 0 spiro atoms. The molecule has 2 rings (SSSR count). The van der Waals surface area contributed by atoms with Gasteiger partial charge in [0.2, 0.25) is 0 Å². The zero-order valence-electron chi connectivity index (χ0n) is 8.17. The van der Waals surface area contributed by atoms with E-state index < -0.39 is 0 Å². The van der Waals surface area contributed by atoms with E-state index in [0.717, 1.165) is 10.2 Å². The van der Waals surface area contributed by atoms with Crippen LogP contribution in [-0.2, 0) is 0 Å². The summed E-state index contributed by atoms with van der Waals surface area (Å²) in [5.74, 6) is 2.50. The van der Waals surface area contributed by atoms with Gasteiger partial charge in [-0.1, -0.05) is 11.6 Å². The van der Waals surface area contributed by atoms with Crippen LogP contribution in [0, 0.1) is 0 Å². The first-order valence-electron chi connectivity index (χ1n) is 4.91. The maximum atomic E-state index is 5.83. The average Bonchev–Trinajstić information content (AvgIpc) is 2.25.